The first-order valence-electron chi connectivity index (χ1n) is 10.4. The summed E-state index contributed by atoms with van der Waals surface area (Å²) < 4.78 is 0. The number of hydrogen-bond donors (Lipinski definition) is 0. The first kappa shape index (κ1) is 18.7. The van der Waals surface area contributed by atoms with Gasteiger partial charge in [0.1, 0.15) is 0 Å². The lowest BCUT2D eigenvalue weighted by Gasteiger charge is -2.34. The molecule has 0 amide bonds. The van der Waals surface area contributed by atoms with Crippen LogP contribution in [-0.2, 0) is 0 Å². The Balaban J connectivity index is 1.65. The van der Waals surface area contributed by atoms with Crippen molar-refractivity contribution in [3.05, 3.63) is 119 Å². The highest BCUT2D eigenvalue weighted by Gasteiger charge is 2.30. The lowest BCUT2D eigenvalue weighted by Crippen LogP contribution is -2.21. The maximum absolute atomic E-state index is 2.48. The van der Waals surface area contributed by atoms with E-state index < -0.39 is 0 Å². The molecule has 0 N–H and O–H groups in total. The quantitative estimate of drug-likeness (QED) is 0.509. The van der Waals surface area contributed by atoms with Gasteiger partial charge in [-0.05, 0) is 48.0 Å². The van der Waals surface area contributed by atoms with Crippen LogP contribution in [0.25, 0.3) is 0 Å². The van der Waals surface area contributed by atoms with Gasteiger partial charge in [-0.15, -0.1) is 0 Å². The van der Waals surface area contributed by atoms with Crippen LogP contribution >= 0.6 is 0 Å². The number of rotatable bonds is 5. The average Bonchev–Trinajstić information content (AvgIpc) is 2.72. The van der Waals surface area contributed by atoms with E-state index in [1.165, 1.54) is 27.8 Å². The number of benzene rings is 2. The Morgan fingerprint density at radius 3 is 2.43 bits per heavy atom. The molecule has 28 heavy (non-hydrogen) atoms. The van der Waals surface area contributed by atoms with Crippen molar-refractivity contribution in [3.8, 4) is 0 Å². The Morgan fingerprint density at radius 1 is 0.929 bits per heavy atom. The monoisotopic (exact) mass is 366 g/mol. The van der Waals surface area contributed by atoms with E-state index in [9.17, 15) is 0 Å². The lowest BCUT2D eigenvalue weighted by molar-refractivity contribution is 0.514. The van der Waals surface area contributed by atoms with E-state index in [1.54, 1.807) is 0 Å². The molecule has 2 aromatic rings. The number of hydrogen-bond acceptors (Lipinski definition) is 0. The van der Waals surface area contributed by atoms with E-state index in [0.29, 0.717) is 11.8 Å². The fourth-order valence-electron chi connectivity index (χ4n) is 4.46. The fraction of sp³-hybridized carbons (Fsp3) is 0.286. The molecule has 4 rings (SSSR count). The third-order valence-electron chi connectivity index (χ3n) is 6.43. The van der Waals surface area contributed by atoms with Crippen LogP contribution < -0.4 is 0 Å². The molecular formula is C28H30. The van der Waals surface area contributed by atoms with Crippen molar-refractivity contribution in [2.75, 3.05) is 0 Å². The van der Waals surface area contributed by atoms with Crippen LogP contribution in [0.4, 0.5) is 0 Å². The lowest BCUT2D eigenvalue weighted by atomic mass is 9.70. The molecule has 2 aromatic carbocycles. The second-order valence-electron chi connectivity index (χ2n) is 8.65. The molecule has 3 atom stereocenters. The first-order valence-corrected chi connectivity index (χ1v) is 10.4. The van der Waals surface area contributed by atoms with Crippen LogP contribution in [0.2, 0.25) is 0 Å². The Hall–Kier alpha value is -2.60. The zero-order valence-corrected chi connectivity index (χ0v) is 17.2. The Labute approximate surface area is 170 Å². The molecule has 0 saturated heterocycles. The Kier molecular flexibility index (Phi) is 5.22. The summed E-state index contributed by atoms with van der Waals surface area (Å²) in [5, 5.41) is 0. The van der Waals surface area contributed by atoms with Gasteiger partial charge in [0.25, 0.3) is 0 Å². The maximum atomic E-state index is 2.48. The van der Waals surface area contributed by atoms with E-state index in [2.05, 4.69) is 112 Å². The highest BCUT2D eigenvalue weighted by molar-refractivity contribution is 5.49. The minimum Gasteiger partial charge on any atom is -0.0795 e. The Morgan fingerprint density at radius 2 is 1.68 bits per heavy atom. The predicted octanol–water partition coefficient (Wildman–Crippen LogP) is 7.66. The van der Waals surface area contributed by atoms with Gasteiger partial charge in [0.05, 0.1) is 0 Å². The molecule has 2 aliphatic carbocycles. The van der Waals surface area contributed by atoms with Crippen LogP contribution in [0, 0.1) is 12.3 Å². The van der Waals surface area contributed by atoms with Crippen LogP contribution in [0.1, 0.15) is 55.2 Å². The van der Waals surface area contributed by atoms with Crippen molar-refractivity contribution in [1.29, 1.82) is 0 Å². The summed E-state index contributed by atoms with van der Waals surface area (Å²) >= 11 is 0. The molecule has 142 valence electrons. The van der Waals surface area contributed by atoms with Gasteiger partial charge >= 0.3 is 0 Å². The normalized spacial score (nSPS) is 22.8. The smallest absolute Gasteiger partial charge is 0.0141 e. The number of fused-ring (bicyclic) bond motifs is 1. The Bertz CT molecular complexity index is 937. The highest BCUT2D eigenvalue weighted by atomic mass is 14.3. The first-order chi connectivity index (χ1) is 13.5. The summed E-state index contributed by atoms with van der Waals surface area (Å²) in [5.41, 5.74) is 7.24. The summed E-state index contributed by atoms with van der Waals surface area (Å²) in [4.78, 5) is 0. The molecule has 0 heteroatoms. The van der Waals surface area contributed by atoms with Gasteiger partial charge in [-0.25, -0.2) is 0 Å². The highest BCUT2D eigenvalue weighted by Crippen LogP contribution is 2.45. The van der Waals surface area contributed by atoms with Crippen molar-refractivity contribution >= 4 is 0 Å². The van der Waals surface area contributed by atoms with Crippen molar-refractivity contribution in [2.45, 2.75) is 45.4 Å². The van der Waals surface area contributed by atoms with Gasteiger partial charge in [0.2, 0.25) is 0 Å². The topological polar surface area (TPSA) is 0 Å². The molecule has 0 saturated carbocycles. The van der Waals surface area contributed by atoms with Crippen LogP contribution in [-0.4, -0.2) is 0 Å². The molecular weight excluding hydrogens is 336 g/mol. The molecule has 0 bridgehead atoms. The standard InChI is InChI=1S/C28H30/c1-21-12-14-23(15-13-21)22(2)19-27(24-9-5-4-6-10-24)25-16-18-28(3)17-8-7-11-26(28)20-25/h4-17,20,22,27H,18-19H2,1-3H3. The molecule has 0 fully saturated rings. The van der Waals surface area contributed by atoms with Gasteiger partial charge < -0.3 is 0 Å². The van der Waals surface area contributed by atoms with E-state index in [4.69, 9.17) is 0 Å². The van der Waals surface area contributed by atoms with Crippen molar-refractivity contribution < 1.29 is 0 Å². The van der Waals surface area contributed by atoms with E-state index >= 15 is 0 Å². The van der Waals surface area contributed by atoms with E-state index in [-0.39, 0.29) is 5.41 Å². The zero-order valence-electron chi connectivity index (χ0n) is 17.2. The molecule has 3 unspecified atom stereocenters. The molecule has 2 aliphatic rings. The second kappa shape index (κ2) is 7.80. The maximum Gasteiger partial charge on any atom is 0.0141 e. The third-order valence-corrected chi connectivity index (χ3v) is 6.43. The van der Waals surface area contributed by atoms with E-state index in [1.807, 2.05) is 0 Å². The van der Waals surface area contributed by atoms with Gasteiger partial charge in [-0.3, -0.25) is 0 Å². The van der Waals surface area contributed by atoms with Gasteiger partial charge in [0.15, 0.2) is 0 Å². The minimum absolute atomic E-state index is 0.155. The number of allylic oxidation sites excluding steroid dienone is 8. The molecule has 0 aliphatic heterocycles. The summed E-state index contributed by atoms with van der Waals surface area (Å²) in [6, 6.07) is 20.1. The molecule has 0 heterocycles. The van der Waals surface area contributed by atoms with Gasteiger partial charge in [-0.2, -0.15) is 0 Å². The molecule has 0 spiro atoms. The van der Waals surface area contributed by atoms with E-state index in [0.717, 1.165) is 12.8 Å². The van der Waals surface area contributed by atoms with Crippen LogP contribution in [0.3, 0.4) is 0 Å². The summed E-state index contributed by atoms with van der Waals surface area (Å²) in [6.07, 6.45) is 16.1. The minimum atomic E-state index is 0.155. The second-order valence-corrected chi connectivity index (χ2v) is 8.65. The third kappa shape index (κ3) is 3.83. The fourth-order valence-corrected chi connectivity index (χ4v) is 4.46. The number of aryl methyl sites for hydroxylation is 1. The summed E-state index contributed by atoms with van der Waals surface area (Å²) in [6.45, 7) is 6.87. The van der Waals surface area contributed by atoms with Crippen LogP contribution in [0.15, 0.2) is 102 Å². The summed E-state index contributed by atoms with van der Waals surface area (Å²) in [5.74, 6) is 0.939. The predicted molar refractivity (Wildman–Crippen MR) is 121 cm³/mol. The molecule has 0 radical (unpaired) electrons. The van der Waals surface area contributed by atoms with Gasteiger partial charge in [0, 0.05) is 11.3 Å². The van der Waals surface area contributed by atoms with Crippen LogP contribution in [0.5, 0.6) is 0 Å². The van der Waals surface area contributed by atoms with Gasteiger partial charge in [-0.1, -0.05) is 110 Å². The van der Waals surface area contributed by atoms with Crippen molar-refractivity contribution in [3.63, 3.8) is 0 Å². The SMILES string of the molecule is Cc1ccc(C(C)CC(C2=CCC3(C)C=CC=CC3=C2)c2ccccc2)cc1. The average molecular weight is 367 g/mol. The van der Waals surface area contributed by atoms with Crippen molar-refractivity contribution in [2.24, 2.45) is 5.41 Å². The molecule has 0 aromatic heterocycles. The summed E-state index contributed by atoms with van der Waals surface area (Å²) in [7, 11) is 0. The largest absolute Gasteiger partial charge is 0.0795 e. The van der Waals surface area contributed by atoms with Crippen molar-refractivity contribution in [1.82, 2.24) is 0 Å². The zero-order chi connectivity index (χ0) is 19.6. The molecule has 0 nitrogen and oxygen atoms in total.